The summed E-state index contributed by atoms with van der Waals surface area (Å²) in [7, 11) is 1.73. The van der Waals surface area contributed by atoms with E-state index in [1.165, 1.54) is 5.56 Å². The Morgan fingerprint density at radius 3 is 2.57 bits per heavy atom. The summed E-state index contributed by atoms with van der Waals surface area (Å²) in [6.07, 6.45) is 2.15. The van der Waals surface area contributed by atoms with E-state index in [1.54, 1.807) is 19.2 Å². The van der Waals surface area contributed by atoms with Gasteiger partial charge in [-0.2, -0.15) is 0 Å². The van der Waals surface area contributed by atoms with Crippen molar-refractivity contribution in [1.82, 2.24) is 4.98 Å². The van der Waals surface area contributed by atoms with Gasteiger partial charge in [0.25, 0.3) is 5.91 Å². The van der Waals surface area contributed by atoms with Crippen LogP contribution in [0.4, 0.5) is 11.5 Å². The smallest absolute Gasteiger partial charge is 0.255 e. The number of carbonyl (C=O) groups excluding carboxylic acids is 1. The zero-order valence-electron chi connectivity index (χ0n) is 12.1. The van der Waals surface area contributed by atoms with Gasteiger partial charge in [-0.3, -0.25) is 4.79 Å². The van der Waals surface area contributed by atoms with Crippen LogP contribution in [0.25, 0.3) is 0 Å². The number of aryl methyl sites for hydroxylation is 1. The van der Waals surface area contributed by atoms with E-state index in [0.29, 0.717) is 11.4 Å². The SMILES string of the molecule is CCCc1ccc(NC(=O)c2cc(Cl)nc(NC)c2)cc1. The van der Waals surface area contributed by atoms with Gasteiger partial charge in [-0.15, -0.1) is 0 Å². The normalized spacial score (nSPS) is 10.2. The molecule has 0 atom stereocenters. The predicted molar refractivity (Wildman–Crippen MR) is 87.2 cm³/mol. The highest BCUT2D eigenvalue weighted by atomic mass is 35.5. The van der Waals surface area contributed by atoms with Crippen molar-refractivity contribution in [2.75, 3.05) is 17.7 Å². The number of pyridine rings is 1. The third-order valence-electron chi connectivity index (χ3n) is 3.06. The summed E-state index contributed by atoms with van der Waals surface area (Å²) in [5, 5.41) is 6.01. The van der Waals surface area contributed by atoms with Crippen molar-refractivity contribution >= 4 is 29.0 Å². The first-order chi connectivity index (χ1) is 10.1. The lowest BCUT2D eigenvalue weighted by molar-refractivity contribution is 0.102. The fourth-order valence-corrected chi connectivity index (χ4v) is 2.21. The lowest BCUT2D eigenvalue weighted by Gasteiger charge is -2.08. The molecule has 1 amide bonds. The van der Waals surface area contributed by atoms with Crippen LogP contribution in [-0.2, 0) is 6.42 Å². The number of amides is 1. The maximum atomic E-state index is 12.2. The first-order valence-corrected chi connectivity index (χ1v) is 7.26. The van der Waals surface area contributed by atoms with Crippen molar-refractivity contribution in [2.24, 2.45) is 0 Å². The summed E-state index contributed by atoms with van der Waals surface area (Å²) in [6.45, 7) is 2.14. The highest BCUT2D eigenvalue weighted by Gasteiger charge is 2.09. The van der Waals surface area contributed by atoms with Crippen LogP contribution in [0.1, 0.15) is 29.3 Å². The van der Waals surface area contributed by atoms with Crippen molar-refractivity contribution in [3.05, 3.63) is 52.7 Å². The number of hydrogen-bond donors (Lipinski definition) is 2. The summed E-state index contributed by atoms with van der Waals surface area (Å²) in [5.74, 6) is 0.352. The Balaban J connectivity index is 2.12. The third kappa shape index (κ3) is 4.20. The average Bonchev–Trinajstić information content (AvgIpc) is 2.48. The van der Waals surface area contributed by atoms with Gasteiger partial charge in [-0.25, -0.2) is 4.98 Å². The summed E-state index contributed by atoms with van der Waals surface area (Å²) >= 11 is 5.90. The Kier molecular flexibility index (Phi) is 5.17. The minimum Gasteiger partial charge on any atom is -0.373 e. The molecule has 0 saturated heterocycles. The van der Waals surface area contributed by atoms with Gasteiger partial charge in [0, 0.05) is 18.3 Å². The van der Waals surface area contributed by atoms with Gasteiger partial charge in [-0.05, 0) is 36.2 Å². The topological polar surface area (TPSA) is 54.0 Å². The molecule has 0 saturated carbocycles. The van der Waals surface area contributed by atoms with Crippen LogP contribution in [0.5, 0.6) is 0 Å². The fourth-order valence-electron chi connectivity index (χ4n) is 2.00. The molecule has 0 aliphatic carbocycles. The van der Waals surface area contributed by atoms with E-state index in [0.717, 1.165) is 18.5 Å². The standard InChI is InChI=1S/C16H18ClN3O/c1-3-4-11-5-7-13(8-6-11)19-16(21)12-9-14(17)20-15(10-12)18-2/h5-10H,3-4H2,1-2H3,(H,18,20)(H,19,21). The molecule has 1 heterocycles. The number of nitrogens with zero attached hydrogens (tertiary/aromatic N) is 1. The number of rotatable bonds is 5. The fraction of sp³-hybridized carbons (Fsp3) is 0.250. The van der Waals surface area contributed by atoms with Gasteiger partial charge in [0.2, 0.25) is 0 Å². The van der Waals surface area contributed by atoms with Crippen LogP contribution >= 0.6 is 11.6 Å². The van der Waals surface area contributed by atoms with Crippen molar-refractivity contribution in [3.63, 3.8) is 0 Å². The monoisotopic (exact) mass is 303 g/mol. The molecule has 2 aromatic rings. The molecule has 0 aliphatic heterocycles. The molecule has 1 aromatic heterocycles. The molecule has 0 bridgehead atoms. The second-order valence-electron chi connectivity index (χ2n) is 4.71. The van der Waals surface area contributed by atoms with Crippen LogP contribution in [0.3, 0.4) is 0 Å². The Morgan fingerprint density at radius 2 is 1.95 bits per heavy atom. The largest absolute Gasteiger partial charge is 0.373 e. The van der Waals surface area contributed by atoms with Crippen molar-refractivity contribution in [1.29, 1.82) is 0 Å². The number of hydrogen-bond acceptors (Lipinski definition) is 3. The number of benzene rings is 1. The summed E-state index contributed by atoms with van der Waals surface area (Å²) in [4.78, 5) is 16.3. The van der Waals surface area contributed by atoms with Crippen LogP contribution in [0.2, 0.25) is 5.15 Å². The summed E-state index contributed by atoms with van der Waals surface area (Å²) in [6, 6.07) is 11.1. The van der Waals surface area contributed by atoms with Crippen molar-refractivity contribution in [2.45, 2.75) is 19.8 Å². The summed E-state index contributed by atoms with van der Waals surface area (Å²) in [5.41, 5.74) is 2.50. The van der Waals surface area contributed by atoms with Gasteiger partial charge in [-0.1, -0.05) is 37.1 Å². The van der Waals surface area contributed by atoms with Crippen LogP contribution in [0, 0.1) is 0 Å². The molecule has 110 valence electrons. The number of anilines is 2. The first-order valence-electron chi connectivity index (χ1n) is 6.88. The zero-order valence-corrected chi connectivity index (χ0v) is 12.9. The third-order valence-corrected chi connectivity index (χ3v) is 3.26. The number of carbonyl (C=O) groups is 1. The quantitative estimate of drug-likeness (QED) is 0.821. The molecule has 0 aliphatic rings. The molecule has 21 heavy (non-hydrogen) atoms. The molecule has 0 unspecified atom stereocenters. The Bertz CT molecular complexity index is 626. The Labute approximate surface area is 129 Å². The highest BCUT2D eigenvalue weighted by Crippen LogP contribution is 2.17. The van der Waals surface area contributed by atoms with E-state index in [4.69, 9.17) is 11.6 Å². The Hall–Kier alpha value is -2.07. The highest BCUT2D eigenvalue weighted by molar-refractivity contribution is 6.30. The summed E-state index contributed by atoms with van der Waals surface area (Å²) < 4.78 is 0. The molecule has 2 N–H and O–H groups in total. The van der Waals surface area contributed by atoms with E-state index >= 15 is 0 Å². The maximum Gasteiger partial charge on any atom is 0.255 e. The molecule has 4 nitrogen and oxygen atoms in total. The molecule has 5 heteroatoms. The van der Waals surface area contributed by atoms with Crippen LogP contribution in [-0.4, -0.2) is 17.9 Å². The minimum absolute atomic E-state index is 0.209. The molecule has 0 radical (unpaired) electrons. The van der Waals surface area contributed by atoms with Crippen molar-refractivity contribution < 1.29 is 4.79 Å². The molecular formula is C16H18ClN3O. The predicted octanol–water partition coefficient (Wildman–Crippen LogP) is 3.98. The maximum absolute atomic E-state index is 12.2. The number of halogens is 1. The van der Waals surface area contributed by atoms with E-state index in [9.17, 15) is 4.79 Å². The molecule has 1 aromatic carbocycles. The Morgan fingerprint density at radius 1 is 1.24 bits per heavy atom. The van der Waals surface area contributed by atoms with Crippen LogP contribution in [0.15, 0.2) is 36.4 Å². The van der Waals surface area contributed by atoms with Gasteiger partial charge < -0.3 is 10.6 Å². The zero-order chi connectivity index (χ0) is 15.2. The molecule has 0 spiro atoms. The van der Waals surface area contributed by atoms with E-state index in [-0.39, 0.29) is 11.1 Å². The first kappa shape index (κ1) is 15.3. The molecule has 0 fully saturated rings. The molecule has 2 rings (SSSR count). The van der Waals surface area contributed by atoms with E-state index in [1.807, 2.05) is 24.3 Å². The lowest BCUT2D eigenvalue weighted by atomic mass is 10.1. The lowest BCUT2D eigenvalue weighted by Crippen LogP contribution is -2.12. The number of nitrogens with one attached hydrogen (secondary N) is 2. The van der Waals surface area contributed by atoms with E-state index < -0.39 is 0 Å². The average molecular weight is 304 g/mol. The van der Waals surface area contributed by atoms with Crippen molar-refractivity contribution in [3.8, 4) is 0 Å². The van der Waals surface area contributed by atoms with Gasteiger partial charge >= 0.3 is 0 Å². The van der Waals surface area contributed by atoms with Gasteiger partial charge in [0.15, 0.2) is 0 Å². The second-order valence-corrected chi connectivity index (χ2v) is 5.10. The number of aromatic nitrogens is 1. The second kappa shape index (κ2) is 7.09. The van der Waals surface area contributed by atoms with E-state index in [2.05, 4.69) is 22.5 Å². The van der Waals surface area contributed by atoms with Gasteiger partial charge in [0.05, 0.1) is 0 Å². The van der Waals surface area contributed by atoms with Gasteiger partial charge in [0.1, 0.15) is 11.0 Å². The van der Waals surface area contributed by atoms with Crippen LogP contribution < -0.4 is 10.6 Å². The minimum atomic E-state index is -0.209. The molecular weight excluding hydrogens is 286 g/mol.